The van der Waals surface area contributed by atoms with Gasteiger partial charge in [0.15, 0.2) is 5.76 Å². The van der Waals surface area contributed by atoms with Crippen LogP contribution in [0.5, 0.6) is 0 Å². The van der Waals surface area contributed by atoms with Crippen molar-refractivity contribution >= 4 is 6.03 Å². The molecule has 0 aromatic rings. The molecule has 0 bridgehead atoms. The van der Waals surface area contributed by atoms with E-state index in [2.05, 4.69) is 11.5 Å². The highest BCUT2D eigenvalue weighted by atomic mass is 16.7. The summed E-state index contributed by atoms with van der Waals surface area (Å²) in [5.41, 5.74) is 8.50. The molecule has 0 fully saturated rings. The summed E-state index contributed by atoms with van der Waals surface area (Å²) in [5.74, 6) is -0.311. The van der Waals surface area contributed by atoms with Crippen molar-refractivity contribution in [1.82, 2.24) is 0 Å². The number of rotatable bonds is 5. The lowest BCUT2D eigenvalue weighted by molar-refractivity contribution is -0.131. The molecule has 0 aliphatic carbocycles. The van der Waals surface area contributed by atoms with Crippen LogP contribution in [-0.4, -0.2) is 35.7 Å². The first kappa shape index (κ1) is 16.0. The Morgan fingerprint density at radius 2 is 1.67 bits per heavy atom. The first-order valence-electron chi connectivity index (χ1n) is 4.30. The molecule has 0 heterocycles. The van der Waals surface area contributed by atoms with E-state index in [1.54, 1.807) is 13.8 Å². The van der Waals surface area contributed by atoms with Crippen molar-refractivity contribution in [1.29, 1.82) is 0 Å². The van der Waals surface area contributed by atoms with Crippen LogP contribution in [0.15, 0.2) is 12.0 Å². The number of carbonyl (C=O) groups is 1. The van der Waals surface area contributed by atoms with E-state index in [0.717, 1.165) is 0 Å². The van der Waals surface area contributed by atoms with Crippen LogP contribution >= 0.6 is 0 Å². The molecule has 0 aliphatic heterocycles. The van der Waals surface area contributed by atoms with Gasteiger partial charge >= 0.3 is 6.03 Å². The molecule has 0 saturated heterocycles. The fourth-order valence-electron chi connectivity index (χ4n) is 0.582. The Labute approximate surface area is 88.3 Å². The van der Waals surface area contributed by atoms with Crippen LogP contribution in [0, 0.1) is 0 Å². The molecule has 0 radical (unpaired) electrons. The highest BCUT2D eigenvalue weighted by Gasteiger charge is 2.12. The number of aliphatic hydroxyl groups excluding tert-OH is 2. The van der Waals surface area contributed by atoms with Gasteiger partial charge in [0, 0.05) is 13.2 Å². The Kier molecular flexibility index (Phi) is 11.3. The number of primary amides is 2. The molecule has 0 saturated carbocycles. The normalized spacial score (nSPS) is 10.7. The summed E-state index contributed by atoms with van der Waals surface area (Å²) in [6, 6.07) is -0.833. The first-order chi connectivity index (χ1) is 6.99. The number of amides is 2. The van der Waals surface area contributed by atoms with Crippen molar-refractivity contribution < 1.29 is 24.5 Å². The van der Waals surface area contributed by atoms with E-state index in [1.165, 1.54) is 0 Å². The lowest BCUT2D eigenvalue weighted by Crippen LogP contribution is -2.19. The minimum atomic E-state index is -0.838. The third-order valence-electron chi connectivity index (χ3n) is 1.01. The molecule has 6 N–H and O–H groups in total. The summed E-state index contributed by atoms with van der Waals surface area (Å²) < 4.78 is 9.87. The SMILES string of the molecule is CCOC(OCC)C(O)=CO.NC(N)=O. The molecular formula is C8H18N2O5. The topological polar surface area (TPSA) is 128 Å². The van der Waals surface area contributed by atoms with E-state index in [0.29, 0.717) is 19.5 Å². The van der Waals surface area contributed by atoms with E-state index in [-0.39, 0.29) is 5.76 Å². The van der Waals surface area contributed by atoms with E-state index in [4.69, 9.17) is 24.5 Å². The number of nitrogens with two attached hydrogens (primary N) is 2. The molecule has 2 amide bonds. The molecular weight excluding hydrogens is 204 g/mol. The molecule has 7 heteroatoms. The second kappa shape index (κ2) is 10.6. The number of hydrogen-bond donors (Lipinski definition) is 4. The smallest absolute Gasteiger partial charge is 0.309 e. The van der Waals surface area contributed by atoms with Crippen molar-refractivity contribution in [2.45, 2.75) is 20.1 Å². The summed E-state index contributed by atoms with van der Waals surface area (Å²) in [4.78, 5) is 9.00. The Morgan fingerprint density at radius 1 is 1.33 bits per heavy atom. The van der Waals surface area contributed by atoms with E-state index in [1.807, 2.05) is 0 Å². The van der Waals surface area contributed by atoms with Gasteiger partial charge in [0.1, 0.15) is 6.26 Å². The van der Waals surface area contributed by atoms with Crippen LogP contribution in [0.1, 0.15) is 13.8 Å². The maximum Gasteiger partial charge on any atom is 0.309 e. The van der Waals surface area contributed by atoms with Crippen molar-refractivity contribution in [3.8, 4) is 0 Å². The molecule has 15 heavy (non-hydrogen) atoms. The third kappa shape index (κ3) is 12.5. The molecule has 0 aromatic carbocycles. The molecule has 0 aromatic heterocycles. The summed E-state index contributed by atoms with van der Waals surface area (Å²) in [7, 11) is 0. The molecule has 0 spiro atoms. The van der Waals surface area contributed by atoms with Crippen LogP contribution in [0.25, 0.3) is 0 Å². The molecule has 0 rings (SSSR count). The second-order valence-electron chi connectivity index (χ2n) is 2.20. The number of carbonyl (C=O) groups excluding carboxylic acids is 1. The van der Waals surface area contributed by atoms with Gasteiger partial charge in [0.05, 0.1) is 0 Å². The number of hydrogen-bond acceptors (Lipinski definition) is 5. The summed E-state index contributed by atoms with van der Waals surface area (Å²) in [5, 5.41) is 17.3. The summed E-state index contributed by atoms with van der Waals surface area (Å²) in [6.45, 7) is 4.39. The lowest BCUT2D eigenvalue weighted by atomic mass is 10.5. The van der Waals surface area contributed by atoms with Gasteiger partial charge < -0.3 is 31.2 Å². The fourth-order valence-corrected chi connectivity index (χ4v) is 0.582. The number of urea groups is 1. The lowest BCUT2D eigenvalue weighted by Gasteiger charge is -2.14. The van der Waals surface area contributed by atoms with Crippen LogP contribution in [0.3, 0.4) is 0 Å². The predicted molar refractivity (Wildman–Crippen MR) is 54.2 cm³/mol. The average Bonchev–Trinajstić information content (AvgIpc) is 2.15. The van der Waals surface area contributed by atoms with Gasteiger partial charge in [-0.2, -0.15) is 0 Å². The van der Waals surface area contributed by atoms with Gasteiger partial charge in [0.25, 0.3) is 0 Å². The van der Waals surface area contributed by atoms with Gasteiger partial charge in [-0.1, -0.05) is 0 Å². The summed E-state index contributed by atoms with van der Waals surface area (Å²) in [6.07, 6.45) is -0.273. The van der Waals surface area contributed by atoms with Crippen LogP contribution < -0.4 is 11.5 Å². The monoisotopic (exact) mass is 222 g/mol. The molecule has 90 valence electrons. The van der Waals surface area contributed by atoms with Gasteiger partial charge in [-0.25, -0.2) is 4.79 Å². The fraction of sp³-hybridized carbons (Fsp3) is 0.625. The van der Waals surface area contributed by atoms with Crippen molar-refractivity contribution in [2.24, 2.45) is 11.5 Å². The van der Waals surface area contributed by atoms with E-state index in [9.17, 15) is 0 Å². The van der Waals surface area contributed by atoms with Crippen molar-refractivity contribution in [2.75, 3.05) is 13.2 Å². The van der Waals surface area contributed by atoms with Crippen LogP contribution in [0.4, 0.5) is 4.79 Å². The minimum Gasteiger partial charge on any atom is -0.512 e. The van der Waals surface area contributed by atoms with E-state index < -0.39 is 12.3 Å². The first-order valence-corrected chi connectivity index (χ1v) is 4.30. The Hall–Kier alpha value is -1.47. The highest BCUT2D eigenvalue weighted by molar-refractivity contribution is 5.69. The minimum absolute atomic E-state index is 0.311. The Morgan fingerprint density at radius 3 is 1.87 bits per heavy atom. The van der Waals surface area contributed by atoms with Gasteiger partial charge in [-0.15, -0.1) is 0 Å². The van der Waals surface area contributed by atoms with Crippen LogP contribution in [-0.2, 0) is 9.47 Å². The molecule has 0 unspecified atom stereocenters. The van der Waals surface area contributed by atoms with Crippen molar-refractivity contribution in [3.05, 3.63) is 12.0 Å². The maximum absolute atomic E-state index is 9.00. The highest BCUT2D eigenvalue weighted by Crippen LogP contribution is 2.04. The number of ether oxygens (including phenoxy) is 2. The number of aliphatic hydroxyl groups is 2. The zero-order valence-electron chi connectivity index (χ0n) is 8.84. The Bertz CT molecular complexity index is 185. The third-order valence-corrected chi connectivity index (χ3v) is 1.01. The summed E-state index contributed by atoms with van der Waals surface area (Å²) >= 11 is 0. The van der Waals surface area contributed by atoms with Gasteiger partial charge in [-0.3, -0.25) is 0 Å². The quantitative estimate of drug-likeness (QED) is 0.394. The molecule has 0 aliphatic rings. The zero-order chi connectivity index (χ0) is 12.3. The van der Waals surface area contributed by atoms with Crippen molar-refractivity contribution in [3.63, 3.8) is 0 Å². The van der Waals surface area contributed by atoms with E-state index >= 15 is 0 Å². The standard InChI is InChI=1S/C7H14O4.CH4N2O/c1-3-10-7(11-4-2)6(9)5-8;2-1(3)4/h5,7-9H,3-4H2,1-2H3;(H4,2,3,4). The molecule has 0 atom stereocenters. The predicted octanol–water partition coefficient (Wildman–Crippen LogP) is 0.367. The average molecular weight is 222 g/mol. The largest absolute Gasteiger partial charge is 0.512 e. The maximum atomic E-state index is 9.00. The van der Waals surface area contributed by atoms with Gasteiger partial charge in [-0.05, 0) is 13.8 Å². The Balaban J connectivity index is 0. The molecule has 7 nitrogen and oxygen atoms in total. The second-order valence-corrected chi connectivity index (χ2v) is 2.20. The van der Waals surface area contributed by atoms with Crippen LogP contribution in [0.2, 0.25) is 0 Å². The zero-order valence-corrected chi connectivity index (χ0v) is 8.84. The van der Waals surface area contributed by atoms with Gasteiger partial charge in [0.2, 0.25) is 6.29 Å².